The zero-order valence-corrected chi connectivity index (χ0v) is 8.47. The monoisotopic (exact) mass is 247 g/mol. The van der Waals surface area contributed by atoms with Crippen molar-refractivity contribution in [2.45, 2.75) is 6.42 Å². The van der Waals surface area contributed by atoms with Crippen molar-refractivity contribution >= 4 is 21.9 Å². The first-order valence-electron chi connectivity index (χ1n) is 3.50. The van der Waals surface area contributed by atoms with Gasteiger partial charge in [-0.2, -0.15) is 0 Å². The van der Waals surface area contributed by atoms with E-state index in [0.717, 1.165) is 6.20 Å². The molecule has 0 saturated heterocycles. The van der Waals surface area contributed by atoms with Gasteiger partial charge in [0.2, 0.25) is 0 Å². The minimum Gasteiger partial charge on any atom is -0.469 e. The number of esters is 1. The first kappa shape index (κ1) is 10.1. The van der Waals surface area contributed by atoms with Crippen LogP contribution >= 0.6 is 15.9 Å². The molecule has 0 spiro atoms. The van der Waals surface area contributed by atoms with Crippen LogP contribution in [0.5, 0.6) is 0 Å². The van der Waals surface area contributed by atoms with E-state index >= 15 is 0 Å². The Kier molecular flexibility index (Phi) is 3.36. The maximum atomic E-state index is 12.9. The molecule has 0 N–H and O–H groups in total. The Balaban J connectivity index is 2.89. The number of nitrogens with zero attached hydrogens (tertiary/aromatic N) is 1. The molecular formula is C8H7BrFNO2. The van der Waals surface area contributed by atoms with Gasteiger partial charge >= 0.3 is 5.97 Å². The summed E-state index contributed by atoms with van der Waals surface area (Å²) in [5.41, 5.74) is 0.479. The van der Waals surface area contributed by atoms with Gasteiger partial charge in [0.1, 0.15) is 0 Å². The van der Waals surface area contributed by atoms with Gasteiger partial charge in [-0.25, -0.2) is 4.39 Å². The molecule has 0 radical (unpaired) electrons. The first-order valence-corrected chi connectivity index (χ1v) is 4.29. The van der Waals surface area contributed by atoms with E-state index in [0.29, 0.717) is 5.56 Å². The van der Waals surface area contributed by atoms with Crippen molar-refractivity contribution in [3.63, 3.8) is 0 Å². The summed E-state index contributed by atoms with van der Waals surface area (Å²) in [7, 11) is 1.28. The van der Waals surface area contributed by atoms with Gasteiger partial charge < -0.3 is 4.74 Å². The van der Waals surface area contributed by atoms with E-state index in [-0.39, 0.29) is 10.9 Å². The highest BCUT2D eigenvalue weighted by molar-refractivity contribution is 9.10. The van der Waals surface area contributed by atoms with E-state index in [2.05, 4.69) is 25.7 Å². The lowest BCUT2D eigenvalue weighted by atomic mass is 10.2. The van der Waals surface area contributed by atoms with Gasteiger partial charge in [0.25, 0.3) is 0 Å². The molecule has 1 heterocycles. The van der Waals surface area contributed by atoms with E-state index in [1.165, 1.54) is 13.3 Å². The number of hydrogen-bond acceptors (Lipinski definition) is 3. The van der Waals surface area contributed by atoms with Crippen LogP contribution in [0.2, 0.25) is 0 Å². The molecule has 0 saturated carbocycles. The fourth-order valence-electron chi connectivity index (χ4n) is 0.810. The van der Waals surface area contributed by atoms with Crippen LogP contribution in [0.15, 0.2) is 16.9 Å². The lowest BCUT2D eigenvalue weighted by Gasteiger charge is -2.02. The summed E-state index contributed by atoms with van der Waals surface area (Å²) >= 11 is 3.02. The second-order valence-electron chi connectivity index (χ2n) is 2.35. The smallest absolute Gasteiger partial charge is 0.310 e. The zero-order chi connectivity index (χ0) is 9.84. The van der Waals surface area contributed by atoms with Gasteiger partial charge in [-0.05, 0) is 21.5 Å². The number of rotatable bonds is 2. The molecule has 0 aliphatic heterocycles. The molecule has 0 fully saturated rings. The maximum absolute atomic E-state index is 12.9. The van der Waals surface area contributed by atoms with Crippen LogP contribution in [0.4, 0.5) is 4.39 Å². The molecule has 0 atom stereocenters. The summed E-state index contributed by atoms with van der Waals surface area (Å²) in [6, 6.07) is 0. The second-order valence-corrected chi connectivity index (χ2v) is 3.14. The lowest BCUT2D eigenvalue weighted by Crippen LogP contribution is -2.06. The molecule has 0 unspecified atom stereocenters. The number of carbonyl (C=O) groups excluding carboxylic acids is 1. The highest BCUT2D eigenvalue weighted by Crippen LogP contribution is 2.19. The van der Waals surface area contributed by atoms with Crippen molar-refractivity contribution in [1.29, 1.82) is 0 Å². The van der Waals surface area contributed by atoms with Crippen LogP contribution in [0, 0.1) is 5.82 Å². The fourth-order valence-corrected chi connectivity index (χ4v) is 1.16. The average molecular weight is 248 g/mol. The second kappa shape index (κ2) is 4.32. The summed E-state index contributed by atoms with van der Waals surface area (Å²) in [4.78, 5) is 14.5. The minimum absolute atomic E-state index is 0.0157. The zero-order valence-electron chi connectivity index (χ0n) is 6.88. The predicted octanol–water partition coefficient (Wildman–Crippen LogP) is 1.70. The number of ether oxygens (including phenoxy) is 1. The Hall–Kier alpha value is -0.970. The molecule has 3 nitrogen and oxygen atoms in total. The van der Waals surface area contributed by atoms with Crippen molar-refractivity contribution in [2.75, 3.05) is 7.11 Å². The SMILES string of the molecule is COC(=O)Cc1cncc(F)c1Br. The molecule has 0 aliphatic carbocycles. The number of pyridine rings is 1. The number of hydrogen-bond donors (Lipinski definition) is 0. The van der Waals surface area contributed by atoms with Gasteiger partial charge in [-0.15, -0.1) is 0 Å². The Morgan fingerprint density at radius 3 is 3.00 bits per heavy atom. The molecule has 13 heavy (non-hydrogen) atoms. The van der Waals surface area contributed by atoms with Crippen LogP contribution in [0.25, 0.3) is 0 Å². The normalized spacial score (nSPS) is 9.77. The van der Waals surface area contributed by atoms with Crippen LogP contribution in [0.1, 0.15) is 5.56 Å². The predicted molar refractivity (Wildman–Crippen MR) is 47.6 cm³/mol. The van der Waals surface area contributed by atoms with Crippen LogP contribution in [0.3, 0.4) is 0 Å². The summed E-state index contributed by atoms with van der Waals surface area (Å²) in [5, 5.41) is 0. The van der Waals surface area contributed by atoms with Crippen LogP contribution in [-0.4, -0.2) is 18.1 Å². The van der Waals surface area contributed by atoms with Gasteiger partial charge in [-0.1, -0.05) is 0 Å². The molecule has 1 rings (SSSR count). The molecule has 70 valence electrons. The average Bonchev–Trinajstić information content (AvgIpc) is 2.13. The fraction of sp³-hybridized carbons (Fsp3) is 0.250. The quantitative estimate of drug-likeness (QED) is 0.747. The Bertz CT molecular complexity index is 330. The lowest BCUT2D eigenvalue weighted by molar-refractivity contribution is -0.139. The molecule has 1 aromatic rings. The van der Waals surface area contributed by atoms with E-state index < -0.39 is 11.8 Å². The van der Waals surface area contributed by atoms with Crippen molar-refractivity contribution in [1.82, 2.24) is 4.98 Å². The van der Waals surface area contributed by atoms with Crippen molar-refractivity contribution in [3.8, 4) is 0 Å². The van der Waals surface area contributed by atoms with E-state index in [9.17, 15) is 9.18 Å². The third-order valence-electron chi connectivity index (χ3n) is 1.47. The number of carbonyl (C=O) groups is 1. The molecule has 5 heteroatoms. The molecule has 0 aromatic carbocycles. The number of halogens is 2. The van der Waals surface area contributed by atoms with E-state index in [4.69, 9.17) is 0 Å². The molecular weight excluding hydrogens is 241 g/mol. The highest BCUT2D eigenvalue weighted by atomic mass is 79.9. The van der Waals surface area contributed by atoms with Crippen LogP contribution in [-0.2, 0) is 16.0 Å². The van der Waals surface area contributed by atoms with Crippen LogP contribution < -0.4 is 0 Å². The standard InChI is InChI=1S/C8H7BrFNO2/c1-13-7(12)2-5-3-11-4-6(10)8(5)9/h3-4H,2H2,1H3. The third-order valence-corrected chi connectivity index (χ3v) is 2.36. The van der Waals surface area contributed by atoms with Gasteiger partial charge in [-0.3, -0.25) is 9.78 Å². The van der Waals surface area contributed by atoms with Gasteiger partial charge in [0.15, 0.2) is 5.82 Å². The third kappa shape index (κ3) is 2.48. The van der Waals surface area contributed by atoms with E-state index in [1.54, 1.807) is 0 Å². The highest BCUT2D eigenvalue weighted by Gasteiger charge is 2.10. The summed E-state index contributed by atoms with van der Waals surface area (Å²) < 4.78 is 17.6. The van der Waals surface area contributed by atoms with E-state index in [1.807, 2.05) is 0 Å². The minimum atomic E-state index is -0.485. The first-order chi connectivity index (χ1) is 6.15. The van der Waals surface area contributed by atoms with Crippen molar-refractivity contribution in [2.24, 2.45) is 0 Å². The Morgan fingerprint density at radius 1 is 1.69 bits per heavy atom. The molecule has 0 amide bonds. The van der Waals surface area contributed by atoms with Gasteiger partial charge in [0, 0.05) is 6.20 Å². The largest absolute Gasteiger partial charge is 0.469 e. The van der Waals surface area contributed by atoms with Crippen molar-refractivity contribution in [3.05, 3.63) is 28.2 Å². The maximum Gasteiger partial charge on any atom is 0.310 e. The molecule has 0 bridgehead atoms. The molecule has 1 aromatic heterocycles. The van der Waals surface area contributed by atoms with Crippen molar-refractivity contribution < 1.29 is 13.9 Å². The molecule has 0 aliphatic rings. The summed E-state index contributed by atoms with van der Waals surface area (Å²) in [5.74, 6) is -0.908. The Morgan fingerprint density at radius 2 is 2.38 bits per heavy atom. The topological polar surface area (TPSA) is 39.2 Å². The number of methoxy groups -OCH3 is 1. The van der Waals surface area contributed by atoms with Gasteiger partial charge in [0.05, 0.1) is 24.2 Å². The summed E-state index contributed by atoms with van der Waals surface area (Å²) in [6.07, 6.45) is 2.51. The Labute approximate surface area is 83.1 Å². The number of aromatic nitrogens is 1. The summed E-state index contributed by atoms with van der Waals surface area (Å²) in [6.45, 7) is 0.